The van der Waals surface area contributed by atoms with Crippen molar-refractivity contribution in [3.63, 3.8) is 0 Å². The van der Waals surface area contributed by atoms with E-state index >= 15 is 0 Å². The maximum atomic E-state index is 14.0. The van der Waals surface area contributed by atoms with Gasteiger partial charge in [-0.3, -0.25) is 0 Å². The molecule has 0 radical (unpaired) electrons. The van der Waals surface area contributed by atoms with Crippen LogP contribution in [0.5, 0.6) is 0 Å². The summed E-state index contributed by atoms with van der Waals surface area (Å²) in [6.07, 6.45) is 0.438. The number of halogens is 4. The van der Waals surface area contributed by atoms with Crippen molar-refractivity contribution < 1.29 is 4.39 Å². The predicted octanol–water partition coefficient (Wildman–Crippen LogP) is 5.44. The van der Waals surface area contributed by atoms with Gasteiger partial charge in [-0.15, -0.1) is 23.2 Å². The van der Waals surface area contributed by atoms with E-state index < -0.39 is 5.41 Å². The van der Waals surface area contributed by atoms with Crippen molar-refractivity contribution >= 4 is 34.8 Å². The lowest BCUT2D eigenvalue weighted by atomic mass is 9.78. The number of rotatable bonds is 5. The summed E-state index contributed by atoms with van der Waals surface area (Å²) in [5, 5.41) is 0.383. The van der Waals surface area contributed by atoms with Gasteiger partial charge >= 0.3 is 0 Å². The molecule has 0 nitrogen and oxygen atoms in total. The maximum absolute atomic E-state index is 14.0. The van der Waals surface area contributed by atoms with Crippen LogP contribution in [0.1, 0.15) is 11.1 Å². The Hall–Kier alpha value is -0.760. The van der Waals surface area contributed by atoms with Crippen LogP contribution < -0.4 is 0 Å². The number of hydrogen-bond acceptors (Lipinski definition) is 0. The standard InChI is InChI=1S/C16H14Cl3F/c17-10-16(11-18,13-4-2-1-3-5-13)9-12-6-7-14(19)8-15(12)20/h1-8H,9-11H2. The molecule has 0 saturated carbocycles. The molecule has 20 heavy (non-hydrogen) atoms. The van der Waals surface area contributed by atoms with Crippen molar-refractivity contribution in [2.75, 3.05) is 11.8 Å². The van der Waals surface area contributed by atoms with Gasteiger partial charge in [0.1, 0.15) is 5.82 Å². The number of benzene rings is 2. The van der Waals surface area contributed by atoms with Gasteiger partial charge in [0.15, 0.2) is 0 Å². The van der Waals surface area contributed by atoms with Gasteiger partial charge in [-0.25, -0.2) is 4.39 Å². The molecule has 0 aromatic heterocycles. The Morgan fingerprint density at radius 2 is 1.60 bits per heavy atom. The molecule has 0 spiro atoms. The largest absolute Gasteiger partial charge is 0.207 e. The highest BCUT2D eigenvalue weighted by atomic mass is 35.5. The third kappa shape index (κ3) is 3.28. The molecule has 2 aromatic rings. The smallest absolute Gasteiger partial charge is 0.127 e. The zero-order valence-electron chi connectivity index (χ0n) is 10.8. The second-order valence-electron chi connectivity index (χ2n) is 4.83. The summed E-state index contributed by atoms with van der Waals surface area (Å²) in [5.74, 6) is 0.318. The van der Waals surface area contributed by atoms with E-state index in [1.54, 1.807) is 12.1 Å². The van der Waals surface area contributed by atoms with Crippen LogP contribution in [-0.4, -0.2) is 11.8 Å². The number of hydrogen-bond donors (Lipinski definition) is 0. The quantitative estimate of drug-likeness (QED) is 0.640. The minimum absolute atomic E-state index is 0.322. The third-order valence-electron chi connectivity index (χ3n) is 3.44. The summed E-state index contributed by atoms with van der Waals surface area (Å²) in [4.78, 5) is 0. The summed E-state index contributed by atoms with van der Waals surface area (Å²) in [5.41, 5.74) is 1.10. The topological polar surface area (TPSA) is 0 Å². The predicted molar refractivity (Wildman–Crippen MR) is 84.7 cm³/mol. The van der Waals surface area contributed by atoms with E-state index in [0.29, 0.717) is 28.8 Å². The summed E-state index contributed by atoms with van der Waals surface area (Å²) >= 11 is 18.1. The lowest BCUT2D eigenvalue weighted by molar-refractivity contribution is 0.512. The summed E-state index contributed by atoms with van der Waals surface area (Å²) in [6.45, 7) is 0. The van der Waals surface area contributed by atoms with E-state index in [0.717, 1.165) is 5.56 Å². The van der Waals surface area contributed by atoms with Gasteiger partial charge in [-0.05, 0) is 29.7 Å². The molecule has 0 aliphatic heterocycles. The molecular weight excluding hydrogens is 318 g/mol. The molecule has 0 heterocycles. The fraction of sp³-hybridized carbons (Fsp3) is 0.250. The van der Waals surface area contributed by atoms with Crippen LogP contribution in [0, 0.1) is 5.82 Å². The average Bonchev–Trinajstić information content (AvgIpc) is 2.48. The van der Waals surface area contributed by atoms with Gasteiger partial charge < -0.3 is 0 Å². The SMILES string of the molecule is Fc1cc(Cl)ccc1CC(CCl)(CCl)c1ccccc1. The first-order chi connectivity index (χ1) is 9.61. The summed E-state index contributed by atoms with van der Waals surface area (Å²) in [7, 11) is 0. The van der Waals surface area contributed by atoms with Crippen LogP contribution >= 0.6 is 34.8 Å². The minimum atomic E-state index is -0.487. The van der Waals surface area contributed by atoms with Gasteiger partial charge in [0.25, 0.3) is 0 Å². The fourth-order valence-electron chi connectivity index (χ4n) is 2.21. The van der Waals surface area contributed by atoms with Crippen LogP contribution in [0.2, 0.25) is 5.02 Å². The van der Waals surface area contributed by atoms with Crippen molar-refractivity contribution in [2.24, 2.45) is 0 Å². The van der Waals surface area contributed by atoms with E-state index in [9.17, 15) is 4.39 Å². The van der Waals surface area contributed by atoms with E-state index in [4.69, 9.17) is 34.8 Å². The van der Waals surface area contributed by atoms with Crippen LogP contribution in [0.3, 0.4) is 0 Å². The lowest BCUT2D eigenvalue weighted by Crippen LogP contribution is -2.33. The van der Waals surface area contributed by atoms with Crippen molar-refractivity contribution in [3.05, 3.63) is 70.5 Å². The molecule has 0 amide bonds. The first kappa shape index (κ1) is 15.6. The highest BCUT2D eigenvalue weighted by molar-refractivity contribution is 6.30. The van der Waals surface area contributed by atoms with Gasteiger partial charge in [-0.2, -0.15) is 0 Å². The Kier molecular flexibility index (Phi) is 5.31. The molecule has 0 saturated heterocycles. The summed E-state index contributed by atoms with van der Waals surface area (Å²) < 4.78 is 14.0. The zero-order valence-corrected chi connectivity index (χ0v) is 13.0. The second kappa shape index (κ2) is 6.80. The first-order valence-corrected chi connectivity index (χ1v) is 7.67. The minimum Gasteiger partial charge on any atom is -0.207 e. The molecule has 0 unspecified atom stereocenters. The molecule has 0 bridgehead atoms. The molecule has 0 N–H and O–H groups in total. The molecule has 2 rings (SSSR count). The van der Waals surface area contributed by atoms with Gasteiger partial charge in [0.05, 0.1) is 0 Å². The molecule has 0 aliphatic rings. The van der Waals surface area contributed by atoms with Crippen molar-refractivity contribution in [2.45, 2.75) is 11.8 Å². The Labute approximate surface area is 133 Å². The summed E-state index contributed by atoms with van der Waals surface area (Å²) in [6, 6.07) is 14.4. The normalized spacial score (nSPS) is 11.6. The lowest BCUT2D eigenvalue weighted by Gasteiger charge is -2.30. The molecule has 106 valence electrons. The molecule has 4 heteroatoms. The number of alkyl halides is 2. The molecular formula is C16H14Cl3F. The van der Waals surface area contributed by atoms with Gasteiger partial charge in [-0.1, -0.05) is 48.0 Å². The second-order valence-corrected chi connectivity index (χ2v) is 5.80. The van der Waals surface area contributed by atoms with E-state index in [1.807, 2.05) is 30.3 Å². The monoisotopic (exact) mass is 330 g/mol. The maximum Gasteiger partial charge on any atom is 0.127 e. The molecule has 0 atom stereocenters. The van der Waals surface area contributed by atoms with Crippen molar-refractivity contribution in [1.29, 1.82) is 0 Å². The van der Waals surface area contributed by atoms with E-state index in [1.165, 1.54) is 6.07 Å². The Morgan fingerprint density at radius 1 is 0.950 bits per heavy atom. The average molecular weight is 332 g/mol. The van der Waals surface area contributed by atoms with Crippen LogP contribution in [-0.2, 0) is 11.8 Å². The molecule has 2 aromatic carbocycles. The van der Waals surface area contributed by atoms with Gasteiger partial charge in [0, 0.05) is 22.2 Å². The Balaban J connectivity index is 2.39. The third-order valence-corrected chi connectivity index (χ3v) is 4.70. The first-order valence-electron chi connectivity index (χ1n) is 6.23. The van der Waals surface area contributed by atoms with Gasteiger partial charge in [0.2, 0.25) is 0 Å². The highest BCUT2D eigenvalue weighted by Gasteiger charge is 2.31. The Bertz CT molecular complexity index is 565. The Morgan fingerprint density at radius 3 is 2.15 bits per heavy atom. The van der Waals surface area contributed by atoms with E-state index in [-0.39, 0.29) is 5.82 Å². The van der Waals surface area contributed by atoms with Crippen LogP contribution in [0.15, 0.2) is 48.5 Å². The zero-order chi connectivity index (χ0) is 14.6. The van der Waals surface area contributed by atoms with Crippen molar-refractivity contribution in [3.8, 4) is 0 Å². The molecule has 0 aliphatic carbocycles. The van der Waals surface area contributed by atoms with Crippen LogP contribution in [0.25, 0.3) is 0 Å². The fourth-order valence-corrected chi connectivity index (χ4v) is 3.15. The highest BCUT2D eigenvalue weighted by Crippen LogP contribution is 2.32. The van der Waals surface area contributed by atoms with Crippen molar-refractivity contribution in [1.82, 2.24) is 0 Å². The van der Waals surface area contributed by atoms with E-state index in [2.05, 4.69) is 0 Å². The molecule has 0 fully saturated rings. The van der Waals surface area contributed by atoms with Crippen LogP contribution in [0.4, 0.5) is 4.39 Å².